The molecule has 24 heavy (non-hydrogen) atoms. The van der Waals surface area contributed by atoms with E-state index in [0.29, 0.717) is 12.6 Å². The maximum absolute atomic E-state index is 10.9. The van der Waals surface area contributed by atoms with Crippen molar-refractivity contribution in [1.29, 1.82) is 0 Å². The fourth-order valence-corrected chi connectivity index (χ4v) is 2.58. The van der Waals surface area contributed by atoms with Gasteiger partial charge in [0.1, 0.15) is 0 Å². The molecule has 0 unspecified atom stereocenters. The number of carboxylic acids is 2. The Kier molecular flexibility index (Phi) is 8.42. The van der Waals surface area contributed by atoms with Crippen molar-refractivity contribution in [2.45, 2.75) is 51.1 Å². The highest BCUT2D eigenvalue weighted by atomic mass is 16.6. The number of benzene rings is 1. The first-order valence-electron chi connectivity index (χ1n) is 7.83. The molecule has 1 aromatic carbocycles. The van der Waals surface area contributed by atoms with Crippen LogP contribution >= 0.6 is 0 Å². The van der Waals surface area contributed by atoms with Crippen molar-refractivity contribution in [3.05, 3.63) is 39.9 Å². The highest BCUT2D eigenvalue weighted by molar-refractivity contribution is 6.27. The Balaban J connectivity index is 0.000000413. The van der Waals surface area contributed by atoms with Gasteiger partial charge in [-0.15, -0.1) is 0 Å². The lowest BCUT2D eigenvalue weighted by molar-refractivity contribution is -0.385. The second-order valence-electron chi connectivity index (χ2n) is 5.57. The van der Waals surface area contributed by atoms with Crippen molar-refractivity contribution in [2.75, 3.05) is 0 Å². The molecule has 132 valence electrons. The summed E-state index contributed by atoms with van der Waals surface area (Å²) in [5.41, 5.74) is 1.00. The average molecular weight is 338 g/mol. The highest BCUT2D eigenvalue weighted by Crippen LogP contribution is 2.20. The average Bonchev–Trinajstić information content (AvgIpc) is 2.82. The number of nitrogens with zero attached hydrogens (tertiary/aromatic N) is 1. The molecule has 2 rings (SSSR count). The van der Waals surface area contributed by atoms with Crippen molar-refractivity contribution in [3.8, 4) is 0 Å². The lowest BCUT2D eigenvalue weighted by Crippen LogP contribution is -2.28. The van der Waals surface area contributed by atoms with Gasteiger partial charge < -0.3 is 15.5 Å². The van der Waals surface area contributed by atoms with Crippen LogP contribution in [-0.2, 0) is 16.1 Å². The minimum absolute atomic E-state index is 0.221. The van der Waals surface area contributed by atoms with E-state index in [9.17, 15) is 10.1 Å². The first-order valence-corrected chi connectivity index (χ1v) is 7.83. The normalized spacial score (nSPS) is 14.8. The third kappa shape index (κ3) is 7.19. The molecule has 8 nitrogen and oxygen atoms in total. The summed E-state index contributed by atoms with van der Waals surface area (Å²) in [6.07, 6.45) is 7.58. The fourth-order valence-electron chi connectivity index (χ4n) is 2.58. The number of aliphatic carboxylic acids is 2. The lowest BCUT2D eigenvalue weighted by Gasteiger charge is -2.16. The van der Waals surface area contributed by atoms with Crippen LogP contribution in [0.25, 0.3) is 0 Å². The molecule has 0 bridgehead atoms. The first kappa shape index (κ1) is 19.6. The first-order chi connectivity index (χ1) is 11.4. The van der Waals surface area contributed by atoms with Gasteiger partial charge in [-0.2, -0.15) is 0 Å². The molecular weight excluding hydrogens is 316 g/mol. The summed E-state index contributed by atoms with van der Waals surface area (Å²) in [7, 11) is 0. The molecule has 1 fully saturated rings. The highest BCUT2D eigenvalue weighted by Gasteiger charge is 2.15. The van der Waals surface area contributed by atoms with Crippen LogP contribution in [0.5, 0.6) is 0 Å². The predicted octanol–water partition coefficient (Wildman–Crippen LogP) is 2.56. The summed E-state index contributed by atoms with van der Waals surface area (Å²) in [4.78, 5) is 28.8. The number of carboxylic acid groups (broad SMARTS) is 2. The molecule has 1 aliphatic carbocycles. The topological polar surface area (TPSA) is 130 Å². The number of hydrogen-bond acceptors (Lipinski definition) is 5. The Labute approximate surface area is 139 Å². The third-order valence-electron chi connectivity index (χ3n) is 3.81. The minimum atomic E-state index is -1.82. The van der Waals surface area contributed by atoms with E-state index in [2.05, 4.69) is 5.32 Å². The molecular formula is C16H22N2O6. The minimum Gasteiger partial charge on any atom is -0.473 e. The largest absolute Gasteiger partial charge is 0.473 e. The second kappa shape index (κ2) is 10.3. The van der Waals surface area contributed by atoms with E-state index in [-0.39, 0.29) is 10.6 Å². The summed E-state index contributed by atoms with van der Waals surface area (Å²) in [5.74, 6) is -3.65. The molecule has 0 aromatic heterocycles. The molecule has 0 heterocycles. The predicted molar refractivity (Wildman–Crippen MR) is 86.7 cm³/mol. The lowest BCUT2D eigenvalue weighted by atomic mass is 10.1. The van der Waals surface area contributed by atoms with Crippen molar-refractivity contribution < 1.29 is 24.7 Å². The maximum atomic E-state index is 10.9. The van der Waals surface area contributed by atoms with Crippen LogP contribution in [0.3, 0.4) is 0 Å². The van der Waals surface area contributed by atoms with E-state index in [1.54, 1.807) is 12.1 Å². The number of rotatable bonds is 4. The van der Waals surface area contributed by atoms with Crippen LogP contribution < -0.4 is 5.32 Å². The van der Waals surface area contributed by atoms with Crippen LogP contribution in [0.15, 0.2) is 24.3 Å². The number of hydrogen-bond donors (Lipinski definition) is 3. The van der Waals surface area contributed by atoms with Crippen LogP contribution in [0.2, 0.25) is 0 Å². The number of carbonyl (C=O) groups is 2. The molecule has 0 spiro atoms. The number of nitro benzene ring substituents is 1. The van der Waals surface area contributed by atoms with Gasteiger partial charge in [0.15, 0.2) is 0 Å². The zero-order valence-electron chi connectivity index (χ0n) is 13.3. The van der Waals surface area contributed by atoms with Gasteiger partial charge in [0, 0.05) is 24.2 Å². The van der Waals surface area contributed by atoms with E-state index in [1.165, 1.54) is 38.5 Å². The van der Waals surface area contributed by atoms with Crippen LogP contribution in [0, 0.1) is 10.1 Å². The maximum Gasteiger partial charge on any atom is 0.414 e. The van der Waals surface area contributed by atoms with E-state index in [0.717, 1.165) is 5.56 Å². The third-order valence-corrected chi connectivity index (χ3v) is 3.81. The van der Waals surface area contributed by atoms with Gasteiger partial charge in [-0.05, 0) is 12.8 Å². The summed E-state index contributed by atoms with van der Waals surface area (Å²) in [6.45, 7) is 0.599. The molecule has 0 amide bonds. The van der Waals surface area contributed by atoms with Gasteiger partial charge in [-0.1, -0.05) is 43.9 Å². The van der Waals surface area contributed by atoms with E-state index in [4.69, 9.17) is 19.8 Å². The van der Waals surface area contributed by atoms with Crippen LogP contribution in [0.1, 0.15) is 44.1 Å². The molecule has 1 aliphatic rings. The Morgan fingerprint density at radius 2 is 1.62 bits per heavy atom. The number of nitrogens with one attached hydrogen (secondary N) is 1. The van der Waals surface area contributed by atoms with Gasteiger partial charge in [0.2, 0.25) is 0 Å². The van der Waals surface area contributed by atoms with Gasteiger partial charge >= 0.3 is 11.9 Å². The van der Waals surface area contributed by atoms with Crippen molar-refractivity contribution in [1.82, 2.24) is 5.32 Å². The zero-order chi connectivity index (χ0) is 17.9. The van der Waals surface area contributed by atoms with Crippen LogP contribution in [0.4, 0.5) is 5.69 Å². The molecule has 1 saturated carbocycles. The summed E-state index contributed by atoms with van der Waals surface area (Å²) in [6, 6.07) is 7.50. The van der Waals surface area contributed by atoms with Gasteiger partial charge in [0.05, 0.1) is 4.92 Å². The van der Waals surface area contributed by atoms with Crippen LogP contribution in [-0.4, -0.2) is 33.1 Å². The molecule has 0 radical (unpaired) electrons. The monoisotopic (exact) mass is 338 g/mol. The molecule has 1 aromatic rings. The molecule has 0 saturated heterocycles. The summed E-state index contributed by atoms with van der Waals surface area (Å²) in [5, 5.41) is 29.2. The van der Waals surface area contributed by atoms with Gasteiger partial charge in [0.25, 0.3) is 5.69 Å². The SMILES string of the molecule is O=C(O)C(=O)O.O=[N+]([O-])c1ccccc1CNC1CCCCCC1. The number of para-hydroxylation sites is 1. The molecule has 8 heteroatoms. The summed E-state index contributed by atoms with van der Waals surface area (Å²) < 4.78 is 0. The van der Waals surface area contributed by atoms with Crippen molar-refractivity contribution in [2.24, 2.45) is 0 Å². The fraction of sp³-hybridized carbons (Fsp3) is 0.500. The second-order valence-corrected chi connectivity index (χ2v) is 5.57. The van der Waals surface area contributed by atoms with Crippen molar-refractivity contribution in [3.63, 3.8) is 0 Å². The van der Waals surface area contributed by atoms with E-state index < -0.39 is 11.9 Å². The Morgan fingerprint density at radius 3 is 2.12 bits per heavy atom. The Hall–Kier alpha value is -2.48. The molecule has 3 N–H and O–H groups in total. The Bertz CT molecular complexity index is 555. The van der Waals surface area contributed by atoms with Gasteiger partial charge in [-0.25, -0.2) is 9.59 Å². The molecule has 0 aliphatic heterocycles. The van der Waals surface area contributed by atoms with E-state index in [1.807, 2.05) is 12.1 Å². The molecule has 0 atom stereocenters. The number of nitro groups is 1. The zero-order valence-corrected chi connectivity index (χ0v) is 13.3. The van der Waals surface area contributed by atoms with E-state index >= 15 is 0 Å². The smallest absolute Gasteiger partial charge is 0.414 e. The summed E-state index contributed by atoms with van der Waals surface area (Å²) >= 11 is 0. The Morgan fingerprint density at radius 1 is 1.08 bits per heavy atom. The standard InChI is InChI=1S/C14H20N2O2.C2H2O4/c17-16(18)14-10-6-5-7-12(14)11-15-13-8-3-1-2-4-9-13;3-1(4)2(5)6/h5-7,10,13,15H,1-4,8-9,11H2;(H,3,4)(H,5,6). The quantitative estimate of drug-likeness (QED) is 0.333. The van der Waals surface area contributed by atoms with Crippen molar-refractivity contribution >= 4 is 17.6 Å². The van der Waals surface area contributed by atoms with Gasteiger partial charge in [-0.3, -0.25) is 10.1 Å².